The molecule has 0 spiro atoms. The number of benzene rings is 1. The minimum atomic E-state index is -0.735. The van der Waals surface area contributed by atoms with Gasteiger partial charge in [0.2, 0.25) is 0 Å². The van der Waals surface area contributed by atoms with Crippen LogP contribution < -0.4 is 9.47 Å². The fourth-order valence-electron chi connectivity index (χ4n) is 2.22. The maximum Gasteiger partial charge on any atom is 0.306 e. The summed E-state index contributed by atoms with van der Waals surface area (Å²) in [6.45, 7) is 7.18. The highest BCUT2D eigenvalue weighted by Gasteiger charge is 2.18. The van der Waals surface area contributed by atoms with Crippen molar-refractivity contribution in [3.63, 3.8) is 0 Å². The molecule has 4 heteroatoms. The Morgan fingerprint density at radius 1 is 1.14 bits per heavy atom. The van der Waals surface area contributed by atoms with Gasteiger partial charge in [-0.1, -0.05) is 26.3 Å². The van der Waals surface area contributed by atoms with Crippen molar-refractivity contribution in [3.05, 3.63) is 23.8 Å². The maximum absolute atomic E-state index is 11.3. The summed E-state index contributed by atoms with van der Waals surface area (Å²) in [6, 6.07) is 5.71. The SMILES string of the molecule is CCCOc1ccc(CC(CCC)C(=O)O)cc1OCC. The Bertz CT molecular complexity index is 442. The van der Waals surface area contributed by atoms with Gasteiger partial charge in [-0.15, -0.1) is 0 Å². The number of rotatable bonds is 10. The Labute approximate surface area is 127 Å². The van der Waals surface area contributed by atoms with Gasteiger partial charge in [0.1, 0.15) is 0 Å². The van der Waals surface area contributed by atoms with E-state index in [9.17, 15) is 9.90 Å². The number of aliphatic carboxylic acids is 1. The van der Waals surface area contributed by atoms with Crippen LogP contribution in [0.15, 0.2) is 18.2 Å². The van der Waals surface area contributed by atoms with Crippen molar-refractivity contribution in [1.82, 2.24) is 0 Å². The third-order valence-corrected chi connectivity index (χ3v) is 3.24. The summed E-state index contributed by atoms with van der Waals surface area (Å²) < 4.78 is 11.3. The summed E-state index contributed by atoms with van der Waals surface area (Å²) in [5.74, 6) is 0.349. The van der Waals surface area contributed by atoms with Crippen molar-refractivity contribution in [2.75, 3.05) is 13.2 Å². The topological polar surface area (TPSA) is 55.8 Å². The van der Waals surface area contributed by atoms with E-state index in [1.807, 2.05) is 32.0 Å². The van der Waals surface area contributed by atoms with Crippen LogP contribution in [0, 0.1) is 5.92 Å². The van der Waals surface area contributed by atoms with E-state index in [2.05, 4.69) is 6.92 Å². The Morgan fingerprint density at radius 2 is 1.90 bits per heavy atom. The first-order valence-corrected chi connectivity index (χ1v) is 7.73. The second-order valence-corrected chi connectivity index (χ2v) is 5.09. The van der Waals surface area contributed by atoms with Gasteiger partial charge in [0.15, 0.2) is 11.5 Å². The largest absolute Gasteiger partial charge is 0.490 e. The molecule has 21 heavy (non-hydrogen) atoms. The first kappa shape index (κ1) is 17.3. The standard InChI is InChI=1S/C17H26O4/c1-4-7-14(17(18)19)11-13-8-9-15(21-10-5-2)16(12-13)20-6-3/h8-9,12,14H,4-7,10-11H2,1-3H3,(H,18,19). The number of carboxylic acids is 1. The molecular formula is C17H26O4. The lowest BCUT2D eigenvalue weighted by atomic mass is 9.95. The summed E-state index contributed by atoms with van der Waals surface area (Å²) in [4.78, 5) is 11.3. The lowest BCUT2D eigenvalue weighted by Crippen LogP contribution is -2.16. The second kappa shape index (κ2) is 9.27. The molecule has 0 fully saturated rings. The third kappa shape index (κ3) is 5.66. The van der Waals surface area contributed by atoms with Crippen LogP contribution in [0.4, 0.5) is 0 Å². The molecule has 1 atom stereocenters. The minimum absolute atomic E-state index is 0.341. The first-order chi connectivity index (χ1) is 10.1. The van der Waals surface area contributed by atoms with Gasteiger partial charge in [-0.3, -0.25) is 4.79 Å². The number of carbonyl (C=O) groups is 1. The third-order valence-electron chi connectivity index (χ3n) is 3.24. The van der Waals surface area contributed by atoms with E-state index < -0.39 is 5.97 Å². The summed E-state index contributed by atoms with van der Waals surface area (Å²) in [5.41, 5.74) is 0.975. The molecule has 0 aliphatic heterocycles. The number of hydrogen-bond acceptors (Lipinski definition) is 3. The summed E-state index contributed by atoms with van der Waals surface area (Å²) in [5, 5.41) is 9.25. The van der Waals surface area contributed by atoms with Gasteiger partial charge in [-0.2, -0.15) is 0 Å². The molecule has 4 nitrogen and oxygen atoms in total. The van der Waals surface area contributed by atoms with Crippen LogP contribution >= 0.6 is 0 Å². The monoisotopic (exact) mass is 294 g/mol. The predicted molar refractivity (Wildman–Crippen MR) is 83.1 cm³/mol. The Balaban J connectivity index is 2.87. The van der Waals surface area contributed by atoms with Gasteiger partial charge in [-0.05, 0) is 43.9 Å². The molecule has 0 bridgehead atoms. The molecule has 0 aliphatic carbocycles. The second-order valence-electron chi connectivity index (χ2n) is 5.09. The van der Waals surface area contributed by atoms with E-state index >= 15 is 0 Å². The van der Waals surface area contributed by atoms with Gasteiger partial charge >= 0.3 is 5.97 Å². The molecule has 0 aromatic heterocycles. The molecule has 1 aromatic rings. The first-order valence-electron chi connectivity index (χ1n) is 7.73. The Kier molecular flexibility index (Phi) is 7.65. The Hall–Kier alpha value is -1.71. The lowest BCUT2D eigenvalue weighted by Gasteiger charge is -2.15. The molecule has 0 saturated heterocycles. The number of ether oxygens (including phenoxy) is 2. The molecule has 1 N–H and O–H groups in total. The lowest BCUT2D eigenvalue weighted by molar-refractivity contribution is -0.141. The maximum atomic E-state index is 11.3. The average Bonchev–Trinajstić information content (AvgIpc) is 2.46. The molecule has 0 aliphatic rings. The molecule has 118 valence electrons. The molecule has 0 amide bonds. The molecule has 1 unspecified atom stereocenters. The van der Waals surface area contributed by atoms with Crippen molar-refractivity contribution in [2.24, 2.45) is 5.92 Å². The van der Waals surface area contributed by atoms with Crippen molar-refractivity contribution < 1.29 is 19.4 Å². The molecule has 0 heterocycles. The van der Waals surface area contributed by atoms with E-state index in [0.29, 0.717) is 31.8 Å². The summed E-state index contributed by atoms with van der Waals surface area (Å²) in [6.07, 6.45) is 3.02. The summed E-state index contributed by atoms with van der Waals surface area (Å²) in [7, 11) is 0. The highest BCUT2D eigenvalue weighted by Crippen LogP contribution is 2.30. The smallest absolute Gasteiger partial charge is 0.306 e. The molecule has 0 radical (unpaired) electrons. The van der Waals surface area contributed by atoms with Gasteiger partial charge in [0.25, 0.3) is 0 Å². The highest BCUT2D eigenvalue weighted by atomic mass is 16.5. The van der Waals surface area contributed by atoms with Gasteiger partial charge < -0.3 is 14.6 Å². The van der Waals surface area contributed by atoms with Crippen LogP contribution in [0.25, 0.3) is 0 Å². The average molecular weight is 294 g/mol. The molecule has 1 aromatic carbocycles. The van der Waals surface area contributed by atoms with E-state index in [4.69, 9.17) is 9.47 Å². The zero-order chi connectivity index (χ0) is 15.7. The van der Waals surface area contributed by atoms with Crippen LogP contribution in [-0.2, 0) is 11.2 Å². The van der Waals surface area contributed by atoms with Crippen molar-refractivity contribution in [3.8, 4) is 11.5 Å². The van der Waals surface area contributed by atoms with E-state index in [1.54, 1.807) is 0 Å². The zero-order valence-electron chi connectivity index (χ0n) is 13.2. The molecule has 1 rings (SSSR count). The van der Waals surface area contributed by atoms with Crippen LogP contribution in [0.3, 0.4) is 0 Å². The quantitative estimate of drug-likeness (QED) is 0.710. The van der Waals surface area contributed by atoms with Crippen LogP contribution in [0.2, 0.25) is 0 Å². The van der Waals surface area contributed by atoms with E-state index in [1.165, 1.54) is 0 Å². The molecule has 0 saturated carbocycles. The van der Waals surface area contributed by atoms with E-state index in [-0.39, 0.29) is 5.92 Å². The number of carboxylic acid groups (broad SMARTS) is 1. The van der Waals surface area contributed by atoms with E-state index in [0.717, 1.165) is 24.2 Å². The zero-order valence-corrected chi connectivity index (χ0v) is 13.2. The fourth-order valence-corrected chi connectivity index (χ4v) is 2.22. The van der Waals surface area contributed by atoms with Gasteiger partial charge in [0.05, 0.1) is 19.1 Å². The van der Waals surface area contributed by atoms with Crippen LogP contribution in [0.5, 0.6) is 11.5 Å². The van der Waals surface area contributed by atoms with Crippen molar-refractivity contribution >= 4 is 5.97 Å². The van der Waals surface area contributed by atoms with Crippen molar-refractivity contribution in [2.45, 2.75) is 46.5 Å². The summed E-state index contributed by atoms with van der Waals surface area (Å²) >= 11 is 0. The fraction of sp³-hybridized carbons (Fsp3) is 0.588. The van der Waals surface area contributed by atoms with Crippen LogP contribution in [-0.4, -0.2) is 24.3 Å². The Morgan fingerprint density at radius 3 is 2.48 bits per heavy atom. The van der Waals surface area contributed by atoms with Gasteiger partial charge in [-0.25, -0.2) is 0 Å². The minimum Gasteiger partial charge on any atom is -0.490 e. The normalized spacial score (nSPS) is 12.0. The highest BCUT2D eigenvalue weighted by molar-refractivity contribution is 5.70. The van der Waals surface area contributed by atoms with Crippen molar-refractivity contribution in [1.29, 1.82) is 0 Å². The predicted octanol–water partition coefficient (Wildman–Crippen LogP) is 3.92. The molecular weight excluding hydrogens is 268 g/mol. The van der Waals surface area contributed by atoms with Crippen LogP contribution in [0.1, 0.15) is 45.6 Å². The number of hydrogen-bond donors (Lipinski definition) is 1. The van der Waals surface area contributed by atoms with Gasteiger partial charge in [0, 0.05) is 0 Å².